The van der Waals surface area contributed by atoms with Gasteiger partial charge in [0.15, 0.2) is 0 Å². The van der Waals surface area contributed by atoms with E-state index in [-0.39, 0.29) is 12.0 Å². The Balaban J connectivity index is 3.00. The van der Waals surface area contributed by atoms with Crippen molar-refractivity contribution < 1.29 is 4.79 Å². The third kappa shape index (κ3) is 3.51. The number of carbonyl (C=O) groups is 1. The molecule has 1 aromatic rings. The van der Waals surface area contributed by atoms with Crippen molar-refractivity contribution in [3.8, 4) is 0 Å². The van der Waals surface area contributed by atoms with Crippen molar-refractivity contribution >= 4 is 16.8 Å². The van der Waals surface area contributed by atoms with E-state index < -0.39 is 5.24 Å². The highest BCUT2D eigenvalue weighted by Crippen LogP contribution is 2.00. The summed E-state index contributed by atoms with van der Waals surface area (Å²) in [4.78, 5) is 22.5. The largest absolute Gasteiger partial charge is 0.315 e. The molecule has 82 valence electrons. The first-order valence-corrected chi connectivity index (χ1v) is 5.25. The summed E-state index contributed by atoms with van der Waals surface area (Å²) >= 11 is 5.26. The average molecular weight is 228 g/mol. The number of hydrogen-bond acceptors (Lipinski definition) is 2. The number of aromatic nitrogens is 1. The Morgan fingerprint density at radius 1 is 1.53 bits per heavy atom. The average Bonchev–Trinajstić information content (AvgIpc) is 2.10. The standard InChI is InChI=1S/C11H14ClNO2/c1-8(2)7-13-5-3-4-9(11(13)15)6-10(12)14/h3-5,8H,6-7H2,1-2H3. The fraction of sp³-hybridized carbons (Fsp3) is 0.455. The van der Waals surface area contributed by atoms with Crippen LogP contribution >= 0.6 is 11.6 Å². The normalized spacial score (nSPS) is 10.7. The molecule has 0 aromatic carbocycles. The molecule has 15 heavy (non-hydrogen) atoms. The number of nitrogens with zero attached hydrogens (tertiary/aromatic N) is 1. The van der Waals surface area contributed by atoms with Crippen LogP contribution in [0, 0.1) is 5.92 Å². The summed E-state index contributed by atoms with van der Waals surface area (Å²) in [6.45, 7) is 4.72. The number of pyridine rings is 1. The molecule has 0 saturated heterocycles. The highest BCUT2D eigenvalue weighted by molar-refractivity contribution is 6.63. The van der Waals surface area contributed by atoms with Gasteiger partial charge < -0.3 is 4.57 Å². The summed E-state index contributed by atoms with van der Waals surface area (Å²) in [6.07, 6.45) is 1.73. The van der Waals surface area contributed by atoms with Crippen molar-refractivity contribution in [1.29, 1.82) is 0 Å². The van der Waals surface area contributed by atoms with Crippen LogP contribution in [0.4, 0.5) is 0 Å². The van der Waals surface area contributed by atoms with Crippen LogP contribution in [-0.4, -0.2) is 9.81 Å². The SMILES string of the molecule is CC(C)Cn1cccc(CC(=O)Cl)c1=O. The second-order valence-corrected chi connectivity index (χ2v) is 4.34. The first kappa shape index (κ1) is 12.0. The summed E-state index contributed by atoms with van der Waals surface area (Å²) < 4.78 is 1.61. The van der Waals surface area contributed by atoms with Gasteiger partial charge in [-0.05, 0) is 23.6 Å². The molecule has 0 bridgehead atoms. The highest BCUT2D eigenvalue weighted by Gasteiger charge is 2.07. The summed E-state index contributed by atoms with van der Waals surface area (Å²) in [5.74, 6) is 0.393. The van der Waals surface area contributed by atoms with E-state index in [1.54, 1.807) is 22.9 Å². The predicted octanol–water partition coefficient (Wildman–Crippen LogP) is 1.81. The Morgan fingerprint density at radius 2 is 2.20 bits per heavy atom. The van der Waals surface area contributed by atoms with Crippen molar-refractivity contribution in [3.63, 3.8) is 0 Å². The molecule has 4 heteroatoms. The lowest BCUT2D eigenvalue weighted by Gasteiger charge is -2.09. The van der Waals surface area contributed by atoms with Crippen LogP contribution in [-0.2, 0) is 17.8 Å². The monoisotopic (exact) mass is 227 g/mol. The quantitative estimate of drug-likeness (QED) is 0.736. The van der Waals surface area contributed by atoms with Gasteiger partial charge in [0.25, 0.3) is 5.56 Å². The number of carbonyl (C=O) groups excluding carboxylic acids is 1. The van der Waals surface area contributed by atoms with Crippen molar-refractivity contribution in [2.75, 3.05) is 0 Å². The lowest BCUT2D eigenvalue weighted by molar-refractivity contribution is -0.111. The Morgan fingerprint density at radius 3 is 2.73 bits per heavy atom. The predicted molar refractivity (Wildman–Crippen MR) is 60.1 cm³/mol. The first-order valence-electron chi connectivity index (χ1n) is 4.87. The van der Waals surface area contributed by atoms with Crippen LogP contribution in [0.1, 0.15) is 19.4 Å². The van der Waals surface area contributed by atoms with Crippen LogP contribution in [0.15, 0.2) is 23.1 Å². The fourth-order valence-corrected chi connectivity index (χ4v) is 1.55. The van der Waals surface area contributed by atoms with E-state index in [0.717, 1.165) is 0 Å². The Labute approximate surface area is 93.7 Å². The molecule has 0 atom stereocenters. The van der Waals surface area contributed by atoms with Gasteiger partial charge in [-0.3, -0.25) is 9.59 Å². The molecule has 3 nitrogen and oxygen atoms in total. The molecule has 1 aromatic heterocycles. The fourth-order valence-electron chi connectivity index (χ4n) is 1.41. The summed E-state index contributed by atoms with van der Waals surface area (Å²) in [5.41, 5.74) is 0.332. The summed E-state index contributed by atoms with van der Waals surface area (Å²) in [5, 5.41) is -0.505. The summed E-state index contributed by atoms with van der Waals surface area (Å²) in [6, 6.07) is 3.40. The second kappa shape index (κ2) is 5.12. The van der Waals surface area contributed by atoms with Crippen LogP contribution in [0.25, 0.3) is 0 Å². The van der Waals surface area contributed by atoms with Crippen LogP contribution in [0.2, 0.25) is 0 Å². The second-order valence-electron chi connectivity index (χ2n) is 3.92. The van der Waals surface area contributed by atoms with Crippen molar-refractivity contribution in [3.05, 3.63) is 34.2 Å². The van der Waals surface area contributed by atoms with Crippen LogP contribution in [0.3, 0.4) is 0 Å². The molecule has 0 aliphatic heterocycles. The number of rotatable bonds is 4. The molecule has 0 aliphatic carbocycles. The van der Waals surface area contributed by atoms with E-state index >= 15 is 0 Å². The first-order chi connectivity index (χ1) is 7.00. The maximum Gasteiger partial charge on any atom is 0.254 e. The molecule has 0 fully saturated rings. The van der Waals surface area contributed by atoms with Crippen LogP contribution in [0.5, 0.6) is 0 Å². The molecule has 0 N–H and O–H groups in total. The van der Waals surface area contributed by atoms with E-state index in [4.69, 9.17) is 11.6 Å². The van der Waals surface area contributed by atoms with Gasteiger partial charge in [0, 0.05) is 18.3 Å². The maximum atomic E-state index is 11.8. The third-order valence-electron chi connectivity index (χ3n) is 1.99. The van der Waals surface area contributed by atoms with Gasteiger partial charge in [0.2, 0.25) is 5.24 Å². The van der Waals surface area contributed by atoms with Gasteiger partial charge in [-0.15, -0.1) is 0 Å². The minimum Gasteiger partial charge on any atom is -0.315 e. The molecule has 1 heterocycles. The lowest BCUT2D eigenvalue weighted by atomic mass is 10.2. The van der Waals surface area contributed by atoms with E-state index in [2.05, 4.69) is 0 Å². The minimum atomic E-state index is -0.505. The topological polar surface area (TPSA) is 39.1 Å². The van der Waals surface area contributed by atoms with Gasteiger partial charge >= 0.3 is 0 Å². The number of hydrogen-bond donors (Lipinski definition) is 0. The third-order valence-corrected chi connectivity index (χ3v) is 2.12. The lowest BCUT2D eigenvalue weighted by Crippen LogP contribution is -2.25. The van der Waals surface area contributed by atoms with Gasteiger partial charge in [-0.2, -0.15) is 0 Å². The molecular weight excluding hydrogens is 214 g/mol. The molecule has 0 amide bonds. The molecular formula is C11H14ClNO2. The minimum absolute atomic E-state index is 0.000671. The van der Waals surface area contributed by atoms with E-state index in [9.17, 15) is 9.59 Å². The zero-order valence-corrected chi connectivity index (χ0v) is 9.62. The molecule has 0 unspecified atom stereocenters. The van der Waals surface area contributed by atoms with Crippen molar-refractivity contribution in [2.24, 2.45) is 5.92 Å². The molecule has 0 spiro atoms. The Hall–Kier alpha value is -1.09. The van der Waals surface area contributed by atoms with Gasteiger partial charge in [-0.1, -0.05) is 19.9 Å². The zero-order valence-electron chi connectivity index (χ0n) is 8.87. The smallest absolute Gasteiger partial charge is 0.254 e. The van der Waals surface area contributed by atoms with Crippen LogP contribution < -0.4 is 5.56 Å². The zero-order chi connectivity index (χ0) is 11.4. The summed E-state index contributed by atoms with van der Waals surface area (Å²) in [7, 11) is 0. The molecule has 0 aliphatic rings. The maximum absolute atomic E-state index is 11.8. The van der Waals surface area contributed by atoms with E-state index in [0.29, 0.717) is 18.0 Å². The van der Waals surface area contributed by atoms with E-state index in [1.165, 1.54) is 0 Å². The van der Waals surface area contributed by atoms with Gasteiger partial charge in [0.05, 0.1) is 6.42 Å². The molecule has 1 rings (SSSR count). The Bertz CT molecular complexity index is 409. The Kier molecular flexibility index (Phi) is 4.09. The molecule has 0 saturated carbocycles. The highest BCUT2D eigenvalue weighted by atomic mass is 35.5. The van der Waals surface area contributed by atoms with Crippen molar-refractivity contribution in [2.45, 2.75) is 26.8 Å². The van der Waals surface area contributed by atoms with Crippen molar-refractivity contribution in [1.82, 2.24) is 4.57 Å². The van der Waals surface area contributed by atoms with Gasteiger partial charge in [0.1, 0.15) is 0 Å². The van der Waals surface area contributed by atoms with E-state index in [1.807, 2.05) is 13.8 Å². The molecule has 0 radical (unpaired) electrons. The van der Waals surface area contributed by atoms with Gasteiger partial charge in [-0.25, -0.2) is 0 Å². The number of halogens is 1.